The van der Waals surface area contributed by atoms with Crippen molar-refractivity contribution in [2.24, 2.45) is 5.92 Å². The maximum atomic E-state index is 12.6. The Hall–Kier alpha value is -1.07. The Bertz CT molecular complexity index is 537. The van der Waals surface area contributed by atoms with Crippen LogP contribution >= 0.6 is 15.9 Å². The SMILES string of the molecule is CCN(CCOc1ccc(Br)cc1)C(=O)CC1CC2CCC(C1)N2. The summed E-state index contributed by atoms with van der Waals surface area (Å²) in [6, 6.07) is 9.10. The molecular weight excluding hydrogens is 368 g/mol. The van der Waals surface area contributed by atoms with Crippen molar-refractivity contribution in [1.82, 2.24) is 10.2 Å². The fourth-order valence-corrected chi connectivity index (χ4v) is 4.25. The van der Waals surface area contributed by atoms with Crippen LogP contribution in [0.1, 0.15) is 39.0 Å². The highest BCUT2D eigenvalue weighted by Crippen LogP contribution is 2.32. The molecule has 1 N–H and O–H groups in total. The van der Waals surface area contributed by atoms with Crippen LogP contribution in [-0.4, -0.2) is 42.6 Å². The van der Waals surface area contributed by atoms with Crippen molar-refractivity contribution in [2.75, 3.05) is 19.7 Å². The number of benzene rings is 1. The van der Waals surface area contributed by atoms with E-state index in [0.29, 0.717) is 37.6 Å². The number of carbonyl (C=O) groups is 1. The summed E-state index contributed by atoms with van der Waals surface area (Å²) in [6.45, 7) is 3.99. The van der Waals surface area contributed by atoms with Crippen LogP contribution in [0.3, 0.4) is 0 Å². The maximum absolute atomic E-state index is 12.6. The molecule has 4 nitrogen and oxygen atoms in total. The van der Waals surface area contributed by atoms with E-state index in [9.17, 15) is 4.79 Å². The standard InChI is InChI=1S/C19H27BrN2O2/c1-2-22(9-10-24-18-7-3-15(20)4-8-18)19(23)13-14-11-16-5-6-17(12-14)21-16/h3-4,7-8,14,16-17,21H,2,5-6,9-13H2,1H3. The quantitative estimate of drug-likeness (QED) is 0.767. The Morgan fingerprint density at radius 1 is 1.25 bits per heavy atom. The molecule has 0 aromatic heterocycles. The van der Waals surface area contributed by atoms with Gasteiger partial charge in [0.15, 0.2) is 0 Å². The highest BCUT2D eigenvalue weighted by atomic mass is 79.9. The molecule has 2 aliphatic rings. The third-order valence-corrected chi connectivity index (χ3v) is 5.74. The number of ether oxygens (including phenoxy) is 1. The first-order valence-electron chi connectivity index (χ1n) is 9.06. The van der Waals surface area contributed by atoms with Crippen molar-refractivity contribution in [3.63, 3.8) is 0 Å². The number of fused-ring (bicyclic) bond motifs is 2. The summed E-state index contributed by atoms with van der Waals surface area (Å²) in [6.07, 6.45) is 5.59. The van der Waals surface area contributed by atoms with Gasteiger partial charge in [0, 0.05) is 29.5 Å². The number of hydrogen-bond donors (Lipinski definition) is 1. The normalized spacial score (nSPS) is 25.5. The van der Waals surface area contributed by atoms with Crippen molar-refractivity contribution in [3.05, 3.63) is 28.7 Å². The summed E-state index contributed by atoms with van der Waals surface area (Å²) in [5, 5.41) is 3.64. The number of rotatable bonds is 7. The van der Waals surface area contributed by atoms with E-state index in [2.05, 4.69) is 21.2 Å². The molecule has 1 amide bonds. The molecular formula is C19H27BrN2O2. The Morgan fingerprint density at radius 3 is 2.54 bits per heavy atom. The van der Waals surface area contributed by atoms with Crippen molar-refractivity contribution in [2.45, 2.75) is 51.1 Å². The molecule has 2 fully saturated rings. The topological polar surface area (TPSA) is 41.6 Å². The summed E-state index contributed by atoms with van der Waals surface area (Å²) in [4.78, 5) is 14.5. The number of piperidine rings is 1. The van der Waals surface area contributed by atoms with Gasteiger partial charge in [0.05, 0.1) is 6.54 Å². The zero-order valence-corrected chi connectivity index (χ0v) is 15.9. The Balaban J connectivity index is 1.43. The molecule has 1 aromatic rings. The fourth-order valence-electron chi connectivity index (χ4n) is 3.98. The number of carbonyl (C=O) groups excluding carboxylic acids is 1. The molecule has 24 heavy (non-hydrogen) atoms. The van der Waals surface area contributed by atoms with Gasteiger partial charge in [-0.3, -0.25) is 4.79 Å². The average molecular weight is 395 g/mol. The molecule has 0 saturated carbocycles. The number of likely N-dealkylation sites (N-methyl/N-ethyl adjacent to an activating group) is 1. The van der Waals surface area contributed by atoms with Crippen LogP contribution in [0.25, 0.3) is 0 Å². The smallest absolute Gasteiger partial charge is 0.222 e. The monoisotopic (exact) mass is 394 g/mol. The molecule has 2 bridgehead atoms. The minimum absolute atomic E-state index is 0.281. The predicted octanol–water partition coefficient (Wildman–Crippen LogP) is 3.60. The Morgan fingerprint density at radius 2 is 1.92 bits per heavy atom. The molecule has 0 spiro atoms. The lowest BCUT2D eigenvalue weighted by Crippen LogP contribution is -2.41. The number of amides is 1. The third kappa shape index (κ3) is 4.73. The largest absolute Gasteiger partial charge is 0.492 e. The molecule has 0 aliphatic carbocycles. The van der Waals surface area contributed by atoms with Crippen LogP contribution in [-0.2, 0) is 4.79 Å². The average Bonchev–Trinajstić information content (AvgIpc) is 2.92. The van der Waals surface area contributed by atoms with Crippen LogP contribution in [0.15, 0.2) is 28.7 Å². The van der Waals surface area contributed by atoms with Crippen LogP contribution in [0, 0.1) is 5.92 Å². The first kappa shape index (κ1) is 17.7. The summed E-state index contributed by atoms with van der Waals surface area (Å²) >= 11 is 3.41. The Labute approximate surface area is 153 Å². The number of nitrogens with one attached hydrogen (secondary N) is 1. The van der Waals surface area contributed by atoms with Crippen LogP contribution in [0.5, 0.6) is 5.75 Å². The van der Waals surface area contributed by atoms with Gasteiger partial charge in [-0.15, -0.1) is 0 Å². The Kier molecular flexibility index (Phi) is 6.17. The highest BCUT2D eigenvalue weighted by molar-refractivity contribution is 9.10. The van der Waals surface area contributed by atoms with Gasteiger partial charge in [0.1, 0.15) is 12.4 Å². The van der Waals surface area contributed by atoms with E-state index in [-0.39, 0.29) is 5.91 Å². The van der Waals surface area contributed by atoms with E-state index < -0.39 is 0 Å². The van der Waals surface area contributed by atoms with Gasteiger partial charge < -0.3 is 15.0 Å². The van der Waals surface area contributed by atoms with Gasteiger partial charge in [0.2, 0.25) is 5.91 Å². The van der Waals surface area contributed by atoms with Gasteiger partial charge in [-0.25, -0.2) is 0 Å². The molecule has 2 heterocycles. The zero-order valence-electron chi connectivity index (χ0n) is 14.3. The lowest BCUT2D eigenvalue weighted by molar-refractivity contribution is -0.132. The van der Waals surface area contributed by atoms with Crippen LogP contribution < -0.4 is 10.1 Å². The van der Waals surface area contributed by atoms with E-state index in [1.165, 1.54) is 12.8 Å². The molecule has 2 unspecified atom stereocenters. The van der Waals surface area contributed by atoms with Gasteiger partial charge in [0.25, 0.3) is 0 Å². The summed E-state index contributed by atoms with van der Waals surface area (Å²) in [5.41, 5.74) is 0. The first-order chi connectivity index (χ1) is 11.6. The molecule has 3 rings (SSSR count). The van der Waals surface area contributed by atoms with Crippen molar-refractivity contribution in [3.8, 4) is 5.75 Å². The minimum atomic E-state index is 0.281. The summed E-state index contributed by atoms with van der Waals surface area (Å²) in [5.74, 6) is 1.68. The number of nitrogens with zero attached hydrogens (tertiary/aromatic N) is 1. The predicted molar refractivity (Wildman–Crippen MR) is 99.2 cm³/mol. The molecule has 2 atom stereocenters. The highest BCUT2D eigenvalue weighted by Gasteiger charge is 2.34. The molecule has 2 saturated heterocycles. The lowest BCUT2D eigenvalue weighted by atomic mass is 9.89. The first-order valence-corrected chi connectivity index (χ1v) is 9.85. The fraction of sp³-hybridized carbons (Fsp3) is 0.632. The van der Waals surface area contributed by atoms with Gasteiger partial charge >= 0.3 is 0 Å². The van der Waals surface area contributed by atoms with Gasteiger partial charge in [-0.05, 0) is 62.8 Å². The van der Waals surface area contributed by atoms with Crippen molar-refractivity contribution >= 4 is 21.8 Å². The molecule has 132 valence electrons. The second kappa shape index (κ2) is 8.34. The number of halogens is 1. The lowest BCUT2D eigenvalue weighted by Gasteiger charge is -2.30. The summed E-state index contributed by atoms with van der Waals surface area (Å²) < 4.78 is 6.79. The second-order valence-electron chi connectivity index (χ2n) is 6.96. The van der Waals surface area contributed by atoms with E-state index in [4.69, 9.17) is 4.74 Å². The summed E-state index contributed by atoms with van der Waals surface area (Å²) in [7, 11) is 0. The van der Waals surface area contributed by atoms with Gasteiger partial charge in [-0.1, -0.05) is 15.9 Å². The van der Waals surface area contributed by atoms with Crippen molar-refractivity contribution < 1.29 is 9.53 Å². The molecule has 1 aromatic carbocycles. The molecule has 0 radical (unpaired) electrons. The van der Waals surface area contributed by atoms with Crippen molar-refractivity contribution in [1.29, 1.82) is 0 Å². The van der Waals surface area contributed by atoms with Crippen LogP contribution in [0.4, 0.5) is 0 Å². The van der Waals surface area contributed by atoms with Crippen LogP contribution in [0.2, 0.25) is 0 Å². The minimum Gasteiger partial charge on any atom is -0.492 e. The van der Waals surface area contributed by atoms with E-state index in [1.54, 1.807) is 0 Å². The third-order valence-electron chi connectivity index (χ3n) is 5.21. The number of hydrogen-bond acceptors (Lipinski definition) is 3. The van der Waals surface area contributed by atoms with E-state index in [1.807, 2.05) is 36.1 Å². The molecule has 5 heteroatoms. The maximum Gasteiger partial charge on any atom is 0.222 e. The molecule has 2 aliphatic heterocycles. The van der Waals surface area contributed by atoms with Gasteiger partial charge in [-0.2, -0.15) is 0 Å². The van der Waals surface area contributed by atoms with E-state index in [0.717, 1.165) is 29.6 Å². The van der Waals surface area contributed by atoms with E-state index >= 15 is 0 Å². The second-order valence-corrected chi connectivity index (χ2v) is 7.87. The zero-order chi connectivity index (χ0) is 16.9.